The number of rotatable bonds is 6. The highest BCUT2D eigenvalue weighted by atomic mass is 19.3. The number of carbonyl (C=O) groups excluding carboxylic acids is 2. The van der Waals surface area contributed by atoms with Crippen LogP contribution >= 0.6 is 0 Å². The van der Waals surface area contributed by atoms with Crippen LogP contribution in [0.1, 0.15) is 31.2 Å². The average Bonchev–Trinajstić information content (AvgIpc) is 2.71. The minimum Gasteiger partial charge on any atom is -0.435 e. The van der Waals surface area contributed by atoms with Gasteiger partial charge in [-0.05, 0) is 30.5 Å². The molecule has 1 fully saturated rings. The molecule has 0 radical (unpaired) electrons. The van der Waals surface area contributed by atoms with E-state index in [1.165, 1.54) is 12.1 Å². The van der Waals surface area contributed by atoms with Crippen molar-refractivity contribution in [1.29, 1.82) is 0 Å². The molecule has 7 heteroatoms. The largest absolute Gasteiger partial charge is 0.435 e. The molecule has 1 aromatic carbocycles. The van der Waals surface area contributed by atoms with E-state index < -0.39 is 6.61 Å². The molecule has 1 heterocycles. The monoisotopic (exact) mass is 326 g/mol. The lowest BCUT2D eigenvalue weighted by molar-refractivity contribution is -0.135. The SMILES string of the molecule is O=C(CN1CCCCCC1=O)NCc1ccc(OC(F)F)cc1. The average molecular weight is 326 g/mol. The number of ether oxygens (including phenoxy) is 1. The van der Waals surface area contributed by atoms with Crippen molar-refractivity contribution in [2.75, 3.05) is 13.1 Å². The Balaban J connectivity index is 1.78. The van der Waals surface area contributed by atoms with Crippen LogP contribution in [0.4, 0.5) is 8.78 Å². The second kappa shape index (κ2) is 8.45. The summed E-state index contributed by atoms with van der Waals surface area (Å²) in [6, 6.07) is 6.06. The third kappa shape index (κ3) is 5.84. The van der Waals surface area contributed by atoms with E-state index in [0.717, 1.165) is 24.8 Å². The second-order valence-corrected chi connectivity index (χ2v) is 5.43. The number of alkyl halides is 2. The minimum absolute atomic E-state index is 0.0196. The van der Waals surface area contributed by atoms with Crippen molar-refractivity contribution in [3.8, 4) is 5.75 Å². The summed E-state index contributed by atoms with van der Waals surface area (Å²) in [5.41, 5.74) is 0.766. The molecule has 2 amide bonds. The number of carbonyl (C=O) groups is 2. The zero-order valence-corrected chi connectivity index (χ0v) is 12.8. The first-order chi connectivity index (χ1) is 11.0. The maximum atomic E-state index is 12.0. The molecule has 0 atom stereocenters. The highest BCUT2D eigenvalue weighted by Gasteiger charge is 2.18. The van der Waals surface area contributed by atoms with Gasteiger partial charge in [-0.3, -0.25) is 9.59 Å². The molecule has 2 rings (SSSR count). The number of benzene rings is 1. The van der Waals surface area contributed by atoms with Crippen LogP contribution < -0.4 is 10.1 Å². The Morgan fingerprint density at radius 1 is 1.22 bits per heavy atom. The Bertz CT molecular complexity index is 535. The van der Waals surface area contributed by atoms with E-state index in [4.69, 9.17) is 0 Å². The van der Waals surface area contributed by atoms with E-state index in [1.807, 2.05) is 0 Å². The van der Waals surface area contributed by atoms with E-state index in [2.05, 4.69) is 10.1 Å². The van der Waals surface area contributed by atoms with Gasteiger partial charge in [0.25, 0.3) is 0 Å². The highest BCUT2D eigenvalue weighted by molar-refractivity contribution is 5.84. The molecule has 1 aromatic rings. The van der Waals surface area contributed by atoms with Crippen molar-refractivity contribution < 1.29 is 23.1 Å². The lowest BCUT2D eigenvalue weighted by atomic mass is 10.2. The summed E-state index contributed by atoms with van der Waals surface area (Å²) in [6.07, 6.45) is 3.31. The molecule has 0 unspecified atom stereocenters. The minimum atomic E-state index is -2.85. The summed E-state index contributed by atoms with van der Waals surface area (Å²) < 4.78 is 28.3. The molecule has 0 aromatic heterocycles. The first-order valence-electron chi connectivity index (χ1n) is 7.63. The second-order valence-electron chi connectivity index (χ2n) is 5.43. The van der Waals surface area contributed by atoms with Crippen LogP contribution in [-0.4, -0.2) is 36.4 Å². The van der Waals surface area contributed by atoms with Gasteiger partial charge in [0.05, 0.1) is 6.54 Å². The third-order valence-electron chi connectivity index (χ3n) is 3.64. The Morgan fingerprint density at radius 2 is 1.96 bits per heavy atom. The van der Waals surface area contributed by atoms with Gasteiger partial charge < -0.3 is 15.0 Å². The number of hydrogen-bond donors (Lipinski definition) is 1. The lowest BCUT2D eigenvalue weighted by Crippen LogP contribution is -2.40. The van der Waals surface area contributed by atoms with Crippen LogP contribution in [0.25, 0.3) is 0 Å². The van der Waals surface area contributed by atoms with Gasteiger partial charge in [-0.2, -0.15) is 8.78 Å². The van der Waals surface area contributed by atoms with Gasteiger partial charge in [-0.25, -0.2) is 0 Å². The van der Waals surface area contributed by atoms with Gasteiger partial charge in [-0.15, -0.1) is 0 Å². The Morgan fingerprint density at radius 3 is 2.65 bits per heavy atom. The standard InChI is InChI=1S/C16H20F2N2O3/c17-16(18)23-13-7-5-12(6-8-13)10-19-14(21)11-20-9-3-1-2-4-15(20)22/h5-8,16H,1-4,9-11H2,(H,19,21). The summed E-state index contributed by atoms with van der Waals surface area (Å²) in [4.78, 5) is 25.3. The fourth-order valence-electron chi connectivity index (χ4n) is 2.42. The fourth-order valence-corrected chi connectivity index (χ4v) is 2.42. The van der Waals surface area contributed by atoms with Crippen LogP contribution in [0, 0.1) is 0 Å². The molecule has 0 aliphatic carbocycles. The van der Waals surface area contributed by atoms with Crippen molar-refractivity contribution in [3.63, 3.8) is 0 Å². The smallest absolute Gasteiger partial charge is 0.387 e. The molecule has 0 spiro atoms. The molecule has 23 heavy (non-hydrogen) atoms. The molecular weight excluding hydrogens is 306 g/mol. The first kappa shape index (κ1) is 17.2. The highest BCUT2D eigenvalue weighted by Crippen LogP contribution is 2.15. The van der Waals surface area contributed by atoms with E-state index >= 15 is 0 Å². The molecule has 0 bridgehead atoms. The summed E-state index contributed by atoms with van der Waals surface area (Å²) in [5.74, 6) is -0.135. The molecule has 1 N–H and O–H groups in total. The molecule has 5 nitrogen and oxygen atoms in total. The van der Waals surface area contributed by atoms with Crippen LogP contribution in [0.3, 0.4) is 0 Å². The predicted octanol–water partition coefficient (Wildman–Crippen LogP) is 2.31. The van der Waals surface area contributed by atoms with Crippen molar-refractivity contribution in [2.45, 2.75) is 38.8 Å². The van der Waals surface area contributed by atoms with E-state index in [-0.39, 0.29) is 30.7 Å². The van der Waals surface area contributed by atoms with E-state index in [0.29, 0.717) is 13.0 Å². The molecule has 1 saturated heterocycles. The molecule has 1 aliphatic rings. The summed E-state index contributed by atoms with van der Waals surface area (Å²) in [7, 11) is 0. The zero-order chi connectivity index (χ0) is 16.7. The van der Waals surface area contributed by atoms with E-state index in [1.54, 1.807) is 17.0 Å². The quantitative estimate of drug-likeness (QED) is 0.873. The summed E-state index contributed by atoms with van der Waals surface area (Å²) >= 11 is 0. The van der Waals surface area contributed by atoms with Gasteiger partial charge in [0, 0.05) is 19.5 Å². The van der Waals surface area contributed by atoms with Crippen molar-refractivity contribution in [1.82, 2.24) is 10.2 Å². The molecule has 1 aliphatic heterocycles. The van der Waals surface area contributed by atoms with Crippen molar-refractivity contribution in [3.05, 3.63) is 29.8 Å². The van der Waals surface area contributed by atoms with Crippen molar-refractivity contribution in [2.24, 2.45) is 0 Å². The molecule has 0 saturated carbocycles. The van der Waals surface area contributed by atoms with E-state index in [9.17, 15) is 18.4 Å². The number of nitrogens with zero attached hydrogens (tertiary/aromatic N) is 1. The van der Waals surface area contributed by atoms with Gasteiger partial charge in [0.1, 0.15) is 5.75 Å². The van der Waals surface area contributed by atoms with Gasteiger partial charge in [-0.1, -0.05) is 18.6 Å². The third-order valence-corrected chi connectivity index (χ3v) is 3.64. The van der Waals surface area contributed by atoms with Gasteiger partial charge >= 0.3 is 6.61 Å². The van der Waals surface area contributed by atoms with Gasteiger partial charge in [0.15, 0.2) is 0 Å². The van der Waals surface area contributed by atoms with Gasteiger partial charge in [0.2, 0.25) is 11.8 Å². The number of halogens is 2. The Hall–Kier alpha value is -2.18. The summed E-state index contributed by atoms with van der Waals surface area (Å²) in [5, 5.41) is 2.73. The number of amides is 2. The molecular formula is C16H20F2N2O3. The normalized spacial score (nSPS) is 15.4. The van der Waals surface area contributed by atoms with Crippen LogP contribution in [-0.2, 0) is 16.1 Å². The molecule has 126 valence electrons. The lowest BCUT2D eigenvalue weighted by Gasteiger charge is -2.19. The number of hydrogen-bond acceptors (Lipinski definition) is 3. The fraction of sp³-hybridized carbons (Fsp3) is 0.500. The summed E-state index contributed by atoms with van der Waals surface area (Å²) in [6.45, 7) is -1.90. The maximum absolute atomic E-state index is 12.0. The predicted molar refractivity (Wildman–Crippen MR) is 80.0 cm³/mol. The van der Waals surface area contributed by atoms with Crippen LogP contribution in [0.2, 0.25) is 0 Å². The van der Waals surface area contributed by atoms with Crippen molar-refractivity contribution >= 4 is 11.8 Å². The first-order valence-corrected chi connectivity index (χ1v) is 7.63. The van der Waals surface area contributed by atoms with Crippen LogP contribution in [0.15, 0.2) is 24.3 Å². The zero-order valence-electron chi connectivity index (χ0n) is 12.8. The maximum Gasteiger partial charge on any atom is 0.387 e. The number of nitrogens with one attached hydrogen (secondary N) is 1. The Labute approximate surface area is 133 Å². The van der Waals surface area contributed by atoms with Crippen LogP contribution in [0.5, 0.6) is 5.75 Å². The Kier molecular flexibility index (Phi) is 6.31. The topological polar surface area (TPSA) is 58.6 Å². The number of likely N-dealkylation sites (tertiary alicyclic amines) is 1.